The minimum atomic E-state index is -1.16. The lowest BCUT2D eigenvalue weighted by Gasteiger charge is -2.33. The van der Waals surface area contributed by atoms with Crippen LogP contribution < -0.4 is 9.64 Å². The van der Waals surface area contributed by atoms with Gasteiger partial charge in [0.25, 0.3) is 5.91 Å². The van der Waals surface area contributed by atoms with Crippen molar-refractivity contribution in [3.05, 3.63) is 49.4 Å². The third-order valence-electron chi connectivity index (χ3n) is 4.24. The molecule has 29 heavy (non-hydrogen) atoms. The molecule has 1 unspecified atom stereocenters. The topological polar surface area (TPSA) is 79.7 Å². The number of benzene rings is 2. The molecule has 1 aromatic heterocycles. The number of carboxylic acids is 1. The molecule has 0 spiro atoms. The van der Waals surface area contributed by atoms with E-state index in [1.165, 1.54) is 22.3 Å². The molecule has 1 N–H and O–H groups in total. The maximum Gasteiger partial charge on any atom is 0.307 e. The SMILES string of the molecule is O=C(O)CC1Oc2ccc(Cl)cc2N(Cc2nc3c(Cl)cc(Cl)c(Cl)c3s2)C1=O. The van der Waals surface area contributed by atoms with Gasteiger partial charge in [0.15, 0.2) is 6.10 Å². The van der Waals surface area contributed by atoms with Crippen LogP contribution in [0.15, 0.2) is 24.3 Å². The Morgan fingerprint density at radius 3 is 2.69 bits per heavy atom. The van der Waals surface area contributed by atoms with Crippen LogP contribution in [0.1, 0.15) is 11.4 Å². The van der Waals surface area contributed by atoms with E-state index in [4.69, 9.17) is 56.2 Å². The summed E-state index contributed by atoms with van der Waals surface area (Å²) in [6.45, 7) is 0.0648. The first-order valence-corrected chi connectivity index (χ1v) is 10.5. The molecule has 4 rings (SSSR count). The Morgan fingerprint density at radius 2 is 1.97 bits per heavy atom. The predicted molar refractivity (Wildman–Crippen MR) is 114 cm³/mol. The van der Waals surface area contributed by atoms with E-state index in [9.17, 15) is 9.59 Å². The van der Waals surface area contributed by atoms with Crippen LogP contribution in [0, 0.1) is 0 Å². The Hall–Kier alpha value is -1.77. The van der Waals surface area contributed by atoms with Gasteiger partial charge >= 0.3 is 5.97 Å². The second-order valence-electron chi connectivity index (χ2n) is 6.18. The van der Waals surface area contributed by atoms with Crippen molar-refractivity contribution in [1.29, 1.82) is 0 Å². The summed E-state index contributed by atoms with van der Waals surface area (Å²) < 4.78 is 6.19. The number of carbonyl (C=O) groups is 2. The highest BCUT2D eigenvalue weighted by atomic mass is 35.5. The lowest BCUT2D eigenvalue weighted by atomic mass is 10.1. The largest absolute Gasteiger partial charge is 0.481 e. The molecule has 1 amide bonds. The lowest BCUT2D eigenvalue weighted by molar-refractivity contribution is -0.142. The fourth-order valence-electron chi connectivity index (χ4n) is 2.98. The van der Waals surface area contributed by atoms with E-state index in [1.54, 1.807) is 18.2 Å². The van der Waals surface area contributed by atoms with Gasteiger partial charge in [-0.1, -0.05) is 46.4 Å². The van der Waals surface area contributed by atoms with Crippen molar-refractivity contribution < 1.29 is 19.4 Å². The highest BCUT2D eigenvalue weighted by Crippen LogP contribution is 2.41. The number of carboxylic acid groups (broad SMARTS) is 1. The van der Waals surface area contributed by atoms with Gasteiger partial charge in [0.2, 0.25) is 0 Å². The minimum absolute atomic E-state index is 0.0648. The third kappa shape index (κ3) is 3.85. The van der Waals surface area contributed by atoms with Gasteiger partial charge < -0.3 is 9.84 Å². The fourth-order valence-corrected chi connectivity index (χ4v) is 5.04. The number of aliphatic carboxylic acids is 1. The number of carbonyl (C=O) groups excluding carboxylic acids is 1. The molecule has 1 aliphatic heterocycles. The molecule has 0 bridgehead atoms. The number of aromatic nitrogens is 1. The van der Waals surface area contributed by atoms with Crippen LogP contribution in [-0.2, 0) is 16.1 Å². The maximum atomic E-state index is 12.9. The summed E-state index contributed by atoms with van der Waals surface area (Å²) in [5.41, 5.74) is 0.911. The summed E-state index contributed by atoms with van der Waals surface area (Å²) in [5.74, 6) is -1.29. The van der Waals surface area contributed by atoms with Gasteiger partial charge in [0, 0.05) is 5.02 Å². The van der Waals surface area contributed by atoms with Crippen LogP contribution >= 0.6 is 57.7 Å². The average Bonchev–Trinajstić information content (AvgIpc) is 3.08. The molecular weight excluding hydrogens is 482 g/mol. The molecule has 0 fully saturated rings. The third-order valence-corrected chi connectivity index (χ3v) is 6.72. The number of nitrogens with zero attached hydrogens (tertiary/aromatic N) is 2. The number of thiazole rings is 1. The van der Waals surface area contributed by atoms with Crippen LogP contribution in [0.5, 0.6) is 5.75 Å². The molecule has 0 saturated heterocycles. The summed E-state index contributed by atoms with van der Waals surface area (Å²) in [6.07, 6.45) is -1.62. The standard InChI is InChI=1S/C18H10Cl4N2O4S/c19-7-1-2-11-10(3-7)24(18(27)12(28-11)5-14(25)26)6-13-23-16-9(21)4-8(20)15(22)17(16)29-13/h1-4,12H,5-6H2,(H,25,26). The molecule has 11 heteroatoms. The zero-order chi connectivity index (χ0) is 20.9. The highest BCUT2D eigenvalue weighted by molar-refractivity contribution is 7.19. The van der Waals surface area contributed by atoms with Gasteiger partial charge in [0.1, 0.15) is 16.3 Å². The first kappa shape index (κ1) is 20.5. The van der Waals surface area contributed by atoms with E-state index in [2.05, 4.69) is 4.98 Å². The van der Waals surface area contributed by atoms with Crippen LogP contribution in [0.2, 0.25) is 20.1 Å². The van der Waals surface area contributed by atoms with Gasteiger partial charge in [-0.2, -0.15) is 0 Å². The quantitative estimate of drug-likeness (QED) is 0.475. The zero-order valence-electron chi connectivity index (χ0n) is 14.3. The smallest absolute Gasteiger partial charge is 0.307 e. The highest BCUT2D eigenvalue weighted by Gasteiger charge is 2.36. The van der Waals surface area contributed by atoms with E-state index >= 15 is 0 Å². The van der Waals surface area contributed by atoms with Crippen LogP contribution in [0.25, 0.3) is 10.2 Å². The monoisotopic (exact) mass is 490 g/mol. The van der Waals surface area contributed by atoms with Crippen molar-refractivity contribution >= 4 is 85.5 Å². The molecule has 1 atom stereocenters. The summed E-state index contributed by atoms with van der Waals surface area (Å²) in [6, 6.07) is 6.29. The van der Waals surface area contributed by atoms with Crippen LogP contribution in [-0.4, -0.2) is 28.1 Å². The molecule has 0 radical (unpaired) electrons. The molecular formula is C18H10Cl4N2O4S. The first-order valence-electron chi connectivity index (χ1n) is 8.17. The first-order chi connectivity index (χ1) is 13.7. The van der Waals surface area contributed by atoms with E-state index in [0.717, 1.165) is 0 Å². The molecule has 2 heterocycles. The van der Waals surface area contributed by atoms with Gasteiger partial charge in [0.05, 0.1) is 38.4 Å². The summed E-state index contributed by atoms with van der Waals surface area (Å²) >= 11 is 25.9. The number of hydrogen-bond donors (Lipinski definition) is 1. The van der Waals surface area contributed by atoms with Crippen molar-refractivity contribution in [2.75, 3.05) is 4.90 Å². The van der Waals surface area contributed by atoms with Crippen LogP contribution in [0.4, 0.5) is 5.69 Å². The molecule has 2 aromatic carbocycles. The lowest BCUT2D eigenvalue weighted by Crippen LogP contribution is -2.46. The van der Waals surface area contributed by atoms with Crippen molar-refractivity contribution in [3.8, 4) is 5.75 Å². The summed E-state index contributed by atoms with van der Waals surface area (Å²) in [4.78, 5) is 30.0. The van der Waals surface area contributed by atoms with Crippen LogP contribution in [0.3, 0.4) is 0 Å². The van der Waals surface area contributed by atoms with Gasteiger partial charge in [-0.25, -0.2) is 4.98 Å². The van der Waals surface area contributed by atoms with E-state index in [-0.39, 0.29) is 6.54 Å². The molecule has 6 nitrogen and oxygen atoms in total. The second kappa shape index (κ2) is 7.81. The van der Waals surface area contributed by atoms with E-state index < -0.39 is 24.4 Å². The minimum Gasteiger partial charge on any atom is -0.481 e. The Bertz CT molecular complexity index is 1170. The predicted octanol–water partition coefficient (Wildman–Crippen LogP) is 5.68. The number of rotatable bonds is 4. The van der Waals surface area contributed by atoms with Gasteiger partial charge in [-0.05, 0) is 24.3 Å². The summed E-state index contributed by atoms with van der Waals surface area (Å²) in [5, 5.41) is 11.0. The Balaban J connectivity index is 1.77. The average molecular weight is 492 g/mol. The van der Waals surface area contributed by atoms with Gasteiger partial charge in [-0.15, -0.1) is 11.3 Å². The molecule has 150 valence electrons. The molecule has 0 saturated carbocycles. The Morgan fingerprint density at radius 1 is 1.21 bits per heavy atom. The van der Waals surface area contributed by atoms with Crippen molar-refractivity contribution in [1.82, 2.24) is 4.98 Å². The number of anilines is 1. The van der Waals surface area contributed by atoms with E-state index in [0.29, 0.717) is 46.8 Å². The van der Waals surface area contributed by atoms with Gasteiger partial charge in [-0.3, -0.25) is 14.5 Å². The van der Waals surface area contributed by atoms with E-state index in [1.807, 2.05) is 0 Å². The number of amides is 1. The maximum absolute atomic E-state index is 12.9. The Labute approximate surface area is 188 Å². The summed E-state index contributed by atoms with van der Waals surface area (Å²) in [7, 11) is 0. The number of ether oxygens (including phenoxy) is 1. The van der Waals surface area contributed by atoms with Crippen molar-refractivity contribution in [2.24, 2.45) is 0 Å². The Kier molecular flexibility index (Phi) is 5.52. The number of fused-ring (bicyclic) bond motifs is 2. The second-order valence-corrected chi connectivity index (χ2v) is 8.89. The molecule has 1 aliphatic rings. The number of halogens is 4. The number of hydrogen-bond acceptors (Lipinski definition) is 5. The van der Waals surface area contributed by atoms with Crippen molar-refractivity contribution in [3.63, 3.8) is 0 Å². The molecule has 3 aromatic rings. The molecule has 0 aliphatic carbocycles. The normalized spacial score (nSPS) is 16.1. The van der Waals surface area contributed by atoms with Crippen molar-refractivity contribution in [2.45, 2.75) is 19.1 Å². The fraction of sp³-hybridized carbons (Fsp3) is 0.167. The zero-order valence-corrected chi connectivity index (χ0v) is 18.1.